The minimum atomic E-state index is -1.32. The highest BCUT2D eigenvalue weighted by molar-refractivity contribution is 6.30. The van der Waals surface area contributed by atoms with E-state index in [0.29, 0.717) is 5.02 Å². The fourth-order valence-corrected chi connectivity index (χ4v) is 3.65. The van der Waals surface area contributed by atoms with Gasteiger partial charge in [0.15, 0.2) is 0 Å². The van der Waals surface area contributed by atoms with Crippen molar-refractivity contribution in [1.82, 2.24) is 9.55 Å². The summed E-state index contributed by atoms with van der Waals surface area (Å²) in [5.74, 6) is -7.10. The van der Waals surface area contributed by atoms with Crippen LogP contribution in [0, 0.1) is 23.6 Å². The molecule has 168 valence electrons. The van der Waals surface area contributed by atoms with Crippen LogP contribution in [0.15, 0.2) is 65.7 Å². The summed E-state index contributed by atoms with van der Waals surface area (Å²) in [5, 5.41) is 14.5. The second-order valence-electron chi connectivity index (χ2n) is 7.33. The van der Waals surface area contributed by atoms with Gasteiger partial charge in [0.05, 0.1) is 34.2 Å². The van der Waals surface area contributed by atoms with Crippen molar-refractivity contribution >= 4 is 40.9 Å². The molecule has 33 heavy (non-hydrogen) atoms. The zero-order valence-corrected chi connectivity index (χ0v) is 17.5. The highest BCUT2D eigenvalue weighted by Crippen LogP contribution is 2.48. The molecule has 1 fully saturated rings. The molecule has 1 aromatic carbocycles. The van der Waals surface area contributed by atoms with Crippen molar-refractivity contribution < 1.29 is 23.9 Å². The molecule has 1 aliphatic carbocycles. The minimum absolute atomic E-state index is 0.150. The van der Waals surface area contributed by atoms with E-state index in [2.05, 4.69) is 15.6 Å². The van der Waals surface area contributed by atoms with E-state index in [-0.39, 0.29) is 22.8 Å². The molecule has 0 unspecified atom stereocenters. The van der Waals surface area contributed by atoms with E-state index >= 15 is 0 Å². The summed E-state index contributed by atoms with van der Waals surface area (Å²) in [6.07, 6.45) is 2.77. The molecule has 1 saturated carbocycles. The van der Waals surface area contributed by atoms with Gasteiger partial charge in [0.1, 0.15) is 11.6 Å². The van der Waals surface area contributed by atoms with Crippen LogP contribution in [-0.2, 0) is 14.4 Å². The van der Waals surface area contributed by atoms with Crippen molar-refractivity contribution in [2.45, 2.75) is 0 Å². The lowest BCUT2D eigenvalue weighted by Gasteiger charge is -2.10. The number of carbonyl (C=O) groups is 3. The molecule has 0 spiro atoms. The molecule has 0 saturated heterocycles. The number of pyridine rings is 2. The Hall–Kier alpha value is -4.05. The molecule has 3 atom stereocenters. The molecule has 0 radical (unpaired) electrons. The average Bonchev–Trinajstić information content (AvgIpc) is 3.54. The van der Waals surface area contributed by atoms with E-state index in [0.717, 1.165) is 6.07 Å². The number of nitrogens with zero attached hydrogens (tertiary/aromatic N) is 2. The molecule has 0 aliphatic heterocycles. The first-order chi connectivity index (χ1) is 15.8. The Morgan fingerprint density at radius 3 is 2.33 bits per heavy atom. The van der Waals surface area contributed by atoms with Crippen molar-refractivity contribution in [3.63, 3.8) is 0 Å². The first kappa shape index (κ1) is 22.2. The number of hydrogen-bond acceptors (Lipinski definition) is 5. The maximum Gasteiger partial charge on any atom is 0.308 e. The van der Waals surface area contributed by atoms with Gasteiger partial charge in [-0.25, -0.2) is 9.37 Å². The van der Waals surface area contributed by atoms with E-state index in [4.69, 9.17) is 11.6 Å². The highest BCUT2D eigenvalue weighted by atomic mass is 35.5. The fourth-order valence-electron chi connectivity index (χ4n) is 3.54. The number of aliphatic carboxylic acids is 1. The number of anilines is 2. The van der Waals surface area contributed by atoms with E-state index in [9.17, 15) is 28.7 Å². The predicted octanol–water partition coefficient (Wildman–Crippen LogP) is 2.55. The van der Waals surface area contributed by atoms with E-state index in [1.807, 2.05) is 0 Å². The third kappa shape index (κ3) is 4.60. The number of aromatic nitrogens is 2. The first-order valence-corrected chi connectivity index (χ1v) is 10.1. The summed E-state index contributed by atoms with van der Waals surface area (Å²) < 4.78 is 15.8. The third-order valence-corrected chi connectivity index (χ3v) is 5.42. The number of hydrogen-bond donors (Lipinski definition) is 3. The molecule has 1 aliphatic rings. The summed E-state index contributed by atoms with van der Waals surface area (Å²) in [4.78, 5) is 52.5. The molecule has 9 nitrogen and oxygen atoms in total. The lowest BCUT2D eigenvalue weighted by Crippen LogP contribution is -2.21. The van der Waals surface area contributed by atoms with Crippen LogP contribution in [0.2, 0.25) is 5.02 Å². The van der Waals surface area contributed by atoms with Gasteiger partial charge in [-0.2, -0.15) is 0 Å². The number of halogens is 2. The summed E-state index contributed by atoms with van der Waals surface area (Å²) in [6, 6.07) is 11.2. The normalized spacial score (nSPS) is 18.9. The average molecular weight is 471 g/mol. The van der Waals surface area contributed by atoms with Crippen molar-refractivity contribution in [3.05, 3.63) is 82.1 Å². The van der Waals surface area contributed by atoms with Gasteiger partial charge >= 0.3 is 5.97 Å². The van der Waals surface area contributed by atoms with Gasteiger partial charge < -0.3 is 15.7 Å². The molecule has 3 aromatic rings. The van der Waals surface area contributed by atoms with Crippen LogP contribution >= 0.6 is 11.6 Å². The zero-order chi connectivity index (χ0) is 23.7. The van der Waals surface area contributed by atoms with Gasteiger partial charge in [-0.1, -0.05) is 17.7 Å². The monoisotopic (exact) mass is 470 g/mol. The zero-order valence-electron chi connectivity index (χ0n) is 16.7. The number of carboxylic acids is 1. The number of carbonyl (C=O) groups excluding carboxylic acids is 2. The van der Waals surface area contributed by atoms with Crippen molar-refractivity contribution in [2.24, 2.45) is 17.8 Å². The largest absolute Gasteiger partial charge is 0.481 e. The molecule has 11 heteroatoms. The van der Waals surface area contributed by atoms with Crippen molar-refractivity contribution in [2.75, 3.05) is 10.6 Å². The number of carboxylic acid groups (broad SMARTS) is 1. The number of benzene rings is 1. The van der Waals surface area contributed by atoms with Gasteiger partial charge in [0.25, 0.3) is 5.56 Å². The standard InChI is InChI=1S/C22H16ClFN4O5/c23-11-4-7-15(25-10-11)27-21(31)18-17(19(18)22(32)33)20(30)26-14-6-5-12(9-13(14)24)28-8-2-1-3-16(28)29/h1-10,17-19H,(H,26,30)(H,32,33)(H,25,27,31)/t17-,18-,19-/m0/s1. The molecular weight excluding hydrogens is 455 g/mol. The van der Waals surface area contributed by atoms with Gasteiger partial charge in [0, 0.05) is 24.5 Å². The van der Waals surface area contributed by atoms with E-state index < -0.39 is 41.4 Å². The Morgan fingerprint density at radius 1 is 1.00 bits per heavy atom. The predicted molar refractivity (Wildman–Crippen MR) is 117 cm³/mol. The Labute approximate surface area is 190 Å². The van der Waals surface area contributed by atoms with Crippen LogP contribution < -0.4 is 16.2 Å². The summed E-state index contributed by atoms with van der Waals surface area (Å²) in [7, 11) is 0. The molecule has 2 aromatic heterocycles. The van der Waals surface area contributed by atoms with Crippen molar-refractivity contribution in [3.8, 4) is 5.69 Å². The van der Waals surface area contributed by atoms with Gasteiger partial charge in [-0.05, 0) is 30.3 Å². The van der Waals surface area contributed by atoms with Gasteiger partial charge in [-0.15, -0.1) is 0 Å². The lowest BCUT2D eigenvalue weighted by molar-refractivity contribution is -0.140. The topological polar surface area (TPSA) is 130 Å². The summed E-state index contributed by atoms with van der Waals surface area (Å²) in [6.45, 7) is 0. The Morgan fingerprint density at radius 2 is 1.73 bits per heavy atom. The smallest absolute Gasteiger partial charge is 0.308 e. The number of amides is 2. The minimum Gasteiger partial charge on any atom is -0.481 e. The molecule has 0 bridgehead atoms. The fraction of sp³-hybridized carbons (Fsp3) is 0.136. The Balaban J connectivity index is 1.48. The van der Waals surface area contributed by atoms with E-state index in [1.54, 1.807) is 12.1 Å². The lowest BCUT2D eigenvalue weighted by atomic mass is 10.2. The Bertz CT molecular complexity index is 1310. The Kier molecular flexibility index (Phi) is 5.93. The summed E-state index contributed by atoms with van der Waals surface area (Å²) in [5.41, 5.74) is -0.319. The van der Waals surface area contributed by atoms with Crippen LogP contribution in [0.5, 0.6) is 0 Å². The quantitative estimate of drug-likeness (QED) is 0.507. The molecule has 3 N–H and O–H groups in total. The SMILES string of the molecule is O=C(O)[C@@H]1[C@@H](C(=O)Nc2ccc(Cl)cn2)[C@@H]1C(=O)Nc1ccc(-n2ccccc2=O)cc1F. The molecule has 4 rings (SSSR count). The van der Waals surface area contributed by atoms with E-state index in [1.165, 1.54) is 47.3 Å². The first-order valence-electron chi connectivity index (χ1n) is 9.70. The van der Waals surface area contributed by atoms with Crippen LogP contribution in [0.3, 0.4) is 0 Å². The maximum absolute atomic E-state index is 14.6. The van der Waals surface area contributed by atoms with Crippen LogP contribution in [-0.4, -0.2) is 32.4 Å². The van der Waals surface area contributed by atoms with Gasteiger partial charge in [-0.3, -0.25) is 23.7 Å². The maximum atomic E-state index is 14.6. The molecular formula is C22H16ClFN4O5. The highest BCUT2D eigenvalue weighted by Gasteiger charge is 2.63. The number of rotatable bonds is 6. The second kappa shape index (κ2) is 8.83. The molecule has 2 amide bonds. The number of nitrogens with one attached hydrogen (secondary N) is 2. The second-order valence-corrected chi connectivity index (χ2v) is 7.77. The summed E-state index contributed by atoms with van der Waals surface area (Å²) >= 11 is 5.74. The molecule has 2 heterocycles. The van der Waals surface area contributed by atoms with Crippen LogP contribution in [0.4, 0.5) is 15.9 Å². The van der Waals surface area contributed by atoms with Gasteiger partial charge in [0.2, 0.25) is 11.8 Å². The van der Waals surface area contributed by atoms with Crippen LogP contribution in [0.1, 0.15) is 0 Å². The van der Waals surface area contributed by atoms with Crippen molar-refractivity contribution in [1.29, 1.82) is 0 Å². The third-order valence-electron chi connectivity index (χ3n) is 5.20. The van der Waals surface area contributed by atoms with Crippen LogP contribution in [0.25, 0.3) is 5.69 Å².